The summed E-state index contributed by atoms with van der Waals surface area (Å²) in [7, 11) is -6.06. The smallest absolute Gasteiger partial charge is 0.264 e. The largest absolute Gasteiger partial charge is 0.280 e. The first kappa shape index (κ1) is 22.3. The number of nitrogens with one attached hydrogen (secondary N) is 1. The number of benzene rings is 1. The van der Waals surface area contributed by atoms with Crippen molar-refractivity contribution in [1.29, 1.82) is 0 Å². The van der Waals surface area contributed by atoms with Crippen molar-refractivity contribution in [3.05, 3.63) is 46.7 Å². The minimum absolute atomic E-state index is 0.00789. The van der Waals surface area contributed by atoms with Gasteiger partial charge in [-0.1, -0.05) is 42.5 Å². The molecule has 29 heavy (non-hydrogen) atoms. The van der Waals surface area contributed by atoms with Crippen molar-refractivity contribution in [2.45, 2.75) is 47.9 Å². The second-order valence-electron chi connectivity index (χ2n) is 6.87. The predicted octanol–water partition coefficient (Wildman–Crippen LogP) is 4.14. The first-order valence-electron chi connectivity index (χ1n) is 9.04. The molecule has 0 amide bonds. The third kappa shape index (κ3) is 5.03. The zero-order valence-corrected chi connectivity index (χ0v) is 18.8. The summed E-state index contributed by atoms with van der Waals surface area (Å²) in [5.74, 6) is 0. The molecular formula is C18H21Cl2N3O4S2. The molecule has 2 aromatic rings. The summed E-state index contributed by atoms with van der Waals surface area (Å²) in [4.78, 5) is 3.60. The average molecular weight is 478 g/mol. The zero-order valence-electron chi connectivity index (χ0n) is 15.7. The van der Waals surface area contributed by atoms with E-state index < -0.39 is 20.0 Å². The number of pyridine rings is 1. The van der Waals surface area contributed by atoms with Gasteiger partial charge in [0.2, 0.25) is 10.0 Å². The summed E-state index contributed by atoms with van der Waals surface area (Å²) in [6.07, 6.45) is 4.88. The highest BCUT2D eigenvalue weighted by atomic mass is 35.5. The molecule has 0 spiro atoms. The van der Waals surface area contributed by atoms with Crippen LogP contribution in [0.5, 0.6) is 0 Å². The van der Waals surface area contributed by atoms with Gasteiger partial charge < -0.3 is 0 Å². The fourth-order valence-electron chi connectivity index (χ4n) is 3.31. The summed E-state index contributed by atoms with van der Waals surface area (Å²) in [5, 5.41) is -0.177. The maximum Gasteiger partial charge on any atom is 0.264 e. The molecule has 1 aromatic carbocycles. The van der Waals surface area contributed by atoms with Gasteiger partial charge >= 0.3 is 0 Å². The molecule has 0 aliphatic heterocycles. The lowest BCUT2D eigenvalue weighted by atomic mass is 9.96. The second kappa shape index (κ2) is 8.77. The van der Waals surface area contributed by atoms with Crippen LogP contribution in [0, 0.1) is 0 Å². The van der Waals surface area contributed by atoms with Gasteiger partial charge in [0.15, 0.2) is 5.15 Å². The summed E-state index contributed by atoms with van der Waals surface area (Å²) in [5.41, 5.74) is 0.204. The van der Waals surface area contributed by atoms with Gasteiger partial charge in [-0.15, -0.1) is 0 Å². The molecule has 1 aliphatic rings. The van der Waals surface area contributed by atoms with Crippen LogP contribution in [0.4, 0.5) is 5.69 Å². The van der Waals surface area contributed by atoms with Crippen LogP contribution in [0.25, 0.3) is 0 Å². The first-order chi connectivity index (χ1) is 13.6. The number of nitrogens with zero attached hydrogens (tertiary/aromatic N) is 2. The highest BCUT2D eigenvalue weighted by Crippen LogP contribution is 2.28. The van der Waals surface area contributed by atoms with Gasteiger partial charge in [-0.25, -0.2) is 21.8 Å². The molecule has 1 aliphatic carbocycles. The van der Waals surface area contributed by atoms with E-state index in [1.165, 1.54) is 40.7 Å². The molecule has 1 N–H and O–H groups in total. The Morgan fingerprint density at radius 2 is 1.59 bits per heavy atom. The molecule has 0 radical (unpaired) electrons. The molecule has 0 saturated heterocycles. The van der Waals surface area contributed by atoms with Crippen molar-refractivity contribution in [1.82, 2.24) is 9.29 Å². The van der Waals surface area contributed by atoms with Gasteiger partial charge in [0.1, 0.15) is 10.0 Å². The van der Waals surface area contributed by atoms with E-state index in [4.69, 9.17) is 23.2 Å². The van der Waals surface area contributed by atoms with E-state index in [1.54, 1.807) is 7.05 Å². The van der Waals surface area contributed by atoms with Crippen LogP contribution in [0.1, 0.15) is 32.1 Å². The molecule has 0 bridgehead atoms. The van der Waals surface area contributed by atoms with E-state index in [-0.39, 0.29) is 31.8 Å². The van der Waals surface area contributed by atoms with Gasteiger partial charge in [-0.05, 0) is 49.2 Å². The monoisotopic (exact) mass is 477 g/mol. The summed E-state index contributed by atoms with van der Waals surface area (Å²) >= 11 is 11.6. The first-order valence-corrected chi connectivity index (χ1v) is 12.7. The summed E-state index contributed by atoms with van der Waals surface area (Å²) in [6.45, 7) is 0. The van der Waals surface area contributed by atoms with Gasteiger partial charge in [-0.2, -0.15) is 4.31 Å². The van der Waals surface area contributed by atoms with Crippen LogP contribution in [0.3, 0.4) is 0 Å². The lowest BCUT2D eigenvalue weighted by molar-refractivity contribution is 0.286. The van der Waals surface area contributed by atoms with Gasteiger partial charge in [0, 0.05) is 18.8 Å². The quantitative estimate of drug-likeness (QED) is 0.630. The standard InChI is InChI=1S/C18H21Cl2N3O4S2/c1-23(14-5-3-2-4-6-14)29(26,27)15-9-7-13(8-10-15)22-28(24,25)16-11-12-17(19)21-18(16)20/h7-12,14,22H,2-6H2,1H3. The van der Waals surface area contributed by atoms with Crippen LogP contribution in [-0.2, 0) is 20.0 Å². The van der Waals surface area contributed by atoms with Crippen molar-refractivity contribution >= 4 is 48.9 Å². The zero-order chi connectivity index (χ0) is 21.2. The molecule has 11 heteroatoms. The van der Waals surface area contributed by atoms with Gasteiger partial charge in [0.25, 0.3) is 10.0 Å². The topological polar surface area (TPSA) is 96.4 Å². The van der Waals surface area contributed by atoms with Crippen molar-refractivity contribution in [2.75, 3.05) is 11.8 Å². The second-order valence-corrected chi connectivity index (χ2v) is 11.3. The number of halogens is 2. The van der Waals surface area contributed by atoms with E-state index in [0.717, 1.165) is 32.1 Å². The van der Waals surface area contributed by atoms with Crippen molar-refractivity contribution in [3.63, 3.8) is 0 Å². The van der Waals surface area contributed by atoms with Crippen LogP contribution < -0.4 is 4.72 Å². The van der Waals surface area contributed by atoms with E-state index in [9.17, 15) is 16.8 Å². The van der Waals surface area contributed by atoms with E-state index in [0.29, 0.717) is 0 Å². The Hall–Kier alpha value is -1.39. The van der Waals surface area contributed by atoms with E-state index >= 15 is 0 Å². The number of aromatic nitrogens is 1. The Bertz CT molecular complexity index is 1080. The van der Waals surface area contributed by atoms with Crippen molar-refractivity contribution in [2.24, 2.45) is 0 Å². The molecule has 1 heterocycles. The fraction of sp³-hybridized carbons (Fsp3) is 0.389. The average Bonchev–Trinajstić information content (AvgIpc) is 2.68. The van der Waals surface area contributed by atoms with Gasteiger partial charge in [-0.3, -0.25) is 4.72 Å². The van der Waals surface area contributed by atoms with E-state index in [1.807, 2.05) is 0 Å². The van der Waals surface area contributed by atoms with Crippen LogP contribution >= 0.6 is 23.2 Å². The number of sulfonamides is 2. The number of anilines is 1. The molecule has 0 unspecified atom stereocenters. The lowest BCUT2D eigenvalue weighted by Gasteiger charge is -2.30. The number of rotatable bonds is 6. The Balaban J connectivity index is 1.79. The molecule has 158 valence electrons. The third-order valence-electron chi connectivity index (χ3n) is 4.94. The number of hydrogen-bond donors (Lipinski definition) is 1. The highest BCUT2D eigenvalue weighted by Gasteiger charge is 2.29. The molecule has 1 fully saturated rings. The Kier molecular flexibility index (Phi) is 6.74. The van der Waals surface area contributed by atoms with Crippen molar-refractivity contribution < 1.29 is 16.8 Å². The molecule has 7 nitrogen and oxygen atoms in total. The van der Waals surface area contributed by atoms with Gasteiger partial charge in [0.05, 0.1) is 4.90 Å². The van der Waals surface area contributed by atoms with Crippen molar-refractivity contribution in [3.8, 4) is 0 Å². The Labute approximate surface area is 181 Å². The molecular weight excluding hydrogens is 457 g/mol. The maximum absolute atomic E-state index is 12.9. The third-order valence-corrected chi connectivity index (χ3v) is 8.89. The minimum atomic E-state index is -4.01. The Morgan fingerprint density at radius 3 is 2.17 bits per heavy atom. The molecule has 1 aromatic heterocycles. The summed E-state index contributed by atoms with van der Waals surface area (Å²) in [6, 6.07) is 8.12. The minimum Gasteiger partial charge on any atom is -0.280 e. The fourth-order valence-corrected chi connectivity index (χ4v) is 6.45. The normalized spacial score (nSPS) is 16.1. The lowest BCUT2D eigenvalue weighted by Crippen LogP contribution is -2.38. The SMILES string of the molecule is CN(C1CCCCC1)S(=O)(=O)c1ccc(NS(=O)(=O)c2ccc(Cl)nc2Cl)cc1. The molecule has 3 rings (SSSR count). The Morgan fingerprint density at radius 1 is 0.966 bits per heavy atom. The highest BCUT2D eigenvalue weighted by molar-refractivity contribution is 7.92. The van der Waals surface area contributed by atoms with Crippen LogP contribution in [0.2, 0.25) is 10.3 Å². The van der Waals surface area contributed by atoms with Crippen LogP contribution in [-0.4, -0.2) is 39.2 Å². The molecule has 1 saturated carbocycles. The van der Waals surface area contributed by atoms with E-state index in [2.05, 4.69) is 9.71 Å². The summed E-state index contributed by atoms with van der Waals surface area (Å²) < 4.78 is 54.6. The predicted molar refractivity (Wildman–Crippen MR) is 113 cm³/mol. The molecule has 0 atom stereocenters. The number of hydrogen-bond acceptors (Lipinski definition) is 5. The van der Waals surface area contributed by atoms with Crippen LogP contribution in [0.15, 0.2) is 46.2 Å². The maximum atomic E-state index is 12.9.